The third kappa shape index (κ3) is 2.95. The lowest BCUT2D eigenvalue weighted by atomic mass is 10.1. The fraction of sp³-hybridized carbons (Fsp3) is 0.500. The maximum absolute atomic E-state index is 12.0. The number of H-pyrrole nitrogens is 1. The SMILES string of the molecule is CCCC(C)N(C)C(=O)c1cccc(=O)[nH]1. The number of hydrogen-bond acceptors (Lipinski definition) is 2. The average Bonchev–Trinajstić information content (AvgIpc) is 2.27. The molecule has 0 aromatic carbocycles. The first-order valence-corrected chi connectivity index (χ1v) is 5.52. The van der Waals surface area contributed by atoms with E-state index in [4.69, 9.17) is 0 Å². The van der Waals surface area contributed by atoms with Crippen LogP contribution in [-0.2, 0) is 0 Å². The summed E-state index contributed by atoms with van der Waals surface area (Å²) in [5, 5.41) is 0. The molecular formula is C12H18N2O2. The quantitative estimate of drug-likeness (QED) is 0.842. The van der Waals surface area contributed by atoms with Crippen LogP contribution < -0.4 is 5.56 Å². The zero-order chi connectivity index (χ0) is 12.1. The van der Waals surface area contributed by atoms with Gasteiger partial charge in [-0.25, -0.2) is 0 Å². The van der Waals surface area contributed by atoms with Gasteiger partial charge < -0.3 is 9.88 Å². The molecule has 0 spiro atoms. The summed E-state index contributed by atoms with van der Waals surface area (Å²) in [6.45, 7) is 4.08. The van der Waals surface area contributed by atoms with Gasteiger partial charge in [-0.05, 0) is 19.4 Å². The van der Waals surface area contributed by atoms with Crippen molar-refractivity contribution in [1.82, 2.24) is 9.88 Å². The Morgan fingerprint density at radius 1 is 1.50 bits per heavy atom. The zero-order valence-electron chi connectivity index (χ0n) is 9.99. The minimum absolute atomic E-state index is 0.140. The fourth-order valence-electron chi connectivity index (χ4n) is 1.57. The molecule has 1 amide bonds. The number of rotatable bonds is 4. The molecule has 1 N–H and O–H groups in total. The van der Waals surface area contributed by atoms with Crippen molar-refractivity contribution in [2.24, 2.45) is 0 Å². The van der Waals surface area contributed by atoms with Crippen LogP contribution in [0.25, 0.3) is 0 Å². The van der Waals surface area contributed by atoms with Gasteiger partial charge in [0.25, 0.3) is 5.91 Å². The van der Waals surface area contributed by atoms with Crippen molar-refractivity contribution in [2.75, 3.05) is 7.05 Å². The van der Waals surface area contributed by atoms with Gasteiger partial charge in [-0.2, -0.15) is 0 Å². The molecule has 1 atom stereocenters. The van der Waals surface area contributed by atoms with E-state index in [1.807, 2.05) is 6.92 Å². The summed E-state index contributed by atoms with van der Waals surface area (Å²) >= 11 is 0. The molecule has 0 bridgehead atoms. The summed E-state index contributed by atoms with van der Waals surface area (Å²) in [4.78, 5) is 27.3. The van der Waals surface area contributed by atoms with Gasteiger partial charge in [-0.3, -0.25) is 9.59 Å². The summed E-state index contributed by atoms with van der Waals surface area (Å²) in [5.41, 5.74) is 0.0975. The van der Waals surface area contributed by atoms with E-state index in [-0.39, 0.29) is 17.5 Å². The summed E-state index contributed by atoms with van der Waals surface area (Å²) in [6, 6.07) is 4.79. The second kappa shape index (κ2) is 5.49. The molecule has 1 aromatic heterocycles. The Morgan fingerprint density at radius 2 is 2.19 bits per heavy atom. The van der Waals surface area contributed by atoms with Crippen molar-refractivity contribution in [2.45, 2.75) is 32.7 Å². The summed E-state index contributed by atoms with van der Waals surface area (Å²) < 4.78 is 0. The van der Waals surface area contributed by atoms with Crippen LogP contribution in [0.15, 0.2) is 23.0 Å². The lowest BCUT2D eigenvalue weighted by Gasteiger charge is -2.24. The Bertz CT molecular complexity index is 411. The Balaban J connectivity index is 2.81. The van der Waals surface area contributed by atoms with E-state index >= 15 is 0 Å². The van der Waals surface area contributed by atoms with Crippen LogP contribution in [0.5, 0.6) is 0 Å². The highest BCUT2D eigenvalue weighted by Gasteiger charge is 2.17. The molecule has 4 heteroatoms. The smallest absolute Gasteiger partial charge is 0.270 e. The van der Waals surface area contributed by atoms with Gasteiger partial charge >= 0.3 is 0 Å². The maximum Gasteiger partial charge on any atom is 0.270 e. The Hall–Kier alpha value is -1.58. The van der Waals surface area contributed by atoms with Gasteiger partial charge in [-0.1, -0.05) is 19.4 Å². The van der Waals surface area contributed by atoms with Crippen molar-refractivity contribution in [3.8, 4) is 0 Å². The van der Waals surface area contributed by atoms with E-state index in [2.05, 4.69) is 11.9 Å². The van der Waals surface area contributed by atoms with Gasteiger partial charge in [0.15, 0.2) is 0 Å². The lowest BCUT2D eigenvalue weighted by Crippen LogP contribution is -2.36. The number of nitrogens with one attached hydrogen (secondary N) is 1. The molecule has 0 aliphatic carbocycles. The first-order valence-electron chi connectivity index (χ1n) is 5.52. The molecule has 0 aliphatic rings. The highest BCUT2D eigenvalue weighted by Crippen LogP contribution is 2.07. The summed E-state index contributed by atoms with van der Waals surface area (Å²) in [5.74, 6) is -0.140. The number of aromatic amines is 1. The molecule has 1 rings (SSSR count). The summed E-state index contributed by atoms with van der Waals surface area (Å²) in [7, 11) is 1.76. The number of amides is 1. The van der Waals surface area contributed by atoms with Gasteiger partial charge in [0.2, 0.25) is 5.56 Å². The molecule has 1 heterocycles. The zero-order valence-corrected chi connectivity index (χ0v) is 9.99. The monoisotopic (exact) mass is 222 g/mol. The molecule has 0 saturated heterocycles. The van der Waals surface area contributed by atoms with Crippen LogP contribution in [0.3, 0.4) is 0 Å². The second-order valence-electron chi connectivity index (χ2n) is 3.98. The molecule has 1 aromatic rings. The first kappa shape index (κ1) is 12.5. The number of carbonyl (C=O) groups excluding carboxylic acids is 1. The highest BCUT2D eigenvalue weighted by molar-refractivity contribution is 5.92. The molecule has 0 radical (unpaired) electrons. The van der Waals surface area contributed by atoms with Crippen LogP contribution in [0.2, 0.25) is 0 Å². The Morgan fingerprint density at radius 3 is 2.75 bits per heavy atom. The maximum atomic E-state index is 12.0. The van der Waals surface area contributed by atoms with Crippen molar-refractivity contribution in [3.63, 3.8) is 0 Å². The lowest BCUT2D eigenvalue weighted by molar-refractivity contribution is 0.0730. The Kier molecular flexibility index (Phi) is 4.28. The molecule has 88 valence electrons. The van der Waals surface area contributed by atoms with Gasteiger partial charge in [0.05, 0.1) is 0 Å². The molecule has 0 fully saturated rings. The minimum Gasteiger partial charge on any atom is -0.338 e. The molecule has 4 nitrogen and oxygen atoms in total. The van der Waals surface area contributed by atoms with Crippen LogP contribution in [0.1, 0.15) is 37.2 Å². The van der Waals surface area contributed by atoms with Gasteiger partial charge in [-0.15, -0.1) is 0 Å². The fourth-order valence-corrected chi connectivity index (χ4v) is 1.57. The normalized spacial score (nSPS) is 12.2. The average molecular weight is 222 g/mol. The first-order chi connectivity index (χ1) is 7.56. The van der Waals surface area contributed by atoms with Crippen molar-refractivity contribution in [3.05, 3.63) is 34.2 Å². The van der Waals surface area contributed by atoms with Crippen molar-refractivity contribution in [1.29, 1.82) is 0 Å². The number of carbonyl (C=O) groups is 1. The number of aromatic nitrogens is 1. The topological polar surface area (TPSA) is 53.2 Å². The van der Waals surface area contributed by atoms with Gasteiger partial charge in [0.1, 0.15) is 5.69 Å². The minimum atomic E-state index is -0.248. The highest BCUT2D eigenvalue weighted by atomic mass is 16.2. The van der Waals surface area contributed by atoms with E-state index in [1.54, 1.807) is 24.1 Å². The molecular weight excluding hydrogens is 204 g/mol. The van der Waals surface area contributed by atoms with E-state index < -0.39 is 0 Å². The van der Waals surface area contributed by atoms with Crippen molar-refractivity contribution < 1.29 is 4.79 Å². The van der Waals surface area contributed by atoms with Crippen LogP contribution in [0.4, 0.5) is 0 Å². The van der Waals surface area contributed by atoms with E-state index in [0.29, 0.717) is 5.69 Å². The van der Waals surface area contributed by atoms with E-state index in [9.17, 15) is 9.59 Å². The summed E-state index contributed by atoms with van der Waals surface area (Å²) in [6.07, 6.45) is 1.99. The van der Waals surface area contributed by atoms with Crippen LogP contribution >= 0.6 is 0 Å². The standard InChI is InChI=1S/C12H18N2O2/c1-4-6-9(2)14(3)12(16)10-7-5-8-11(15)13-10/h5,7-9H,4,6H2,1-3H3,(H,13,15). The third-order valence-corrected chi connectivity index (χ3v) is 2.69. The largest absolute Gasteiger partial charge is 0.338 e. The predicted molar refractivity (Wildman–Crippen MR) is 63.5 cm³/mol. The predicted octanol–water partition coefficient (Wildman–Crippen LogP) is 1.64. The molecule has 16 heavy (non-hydrogen) atoms. The second-order valence-corrected chi connectivity index (χ2v) is 3.98. The van der Waals surface area contributed by atoms with E-state index in [1.165, 1.54) is 6.07 Å². The molecule has 1 unspecified atom stereocenters. The van der Waals surface area contributed by atoms with Crippen LogP contribution in [-0.4, -0.2) is 28.9 Å². The van der Waals surface area contributed by atoms with E-state index in [0.717, 1.165) is 12.8 Å². The number of pyridine rings is 1. The molecule has 0 saturated carbocycles. The number of nitrogens with zero attached hydrogens (tertiary/aromatic N) is 1. The molecule has 0 aliphatic heterocycles. The Labute approximate surface area is 95.3 Å². The van der Waals surface area contributed by atoms with Crippen LogP contribution in [0, 0.1) is 0 Å². The third-order valence-electron chi connectivity index (χ3n) is 2.69. The number of hydrogen-bond donors (Lipinski definition) is 1. The van der Waals surface area contributed by atoms with Crippen molar-refractivity contribution >= 4 is 5.91 Å². The van der Waals surface area contributed by atoms with Gasteiger partial charge in [0, 0.05) is 19.2 Å².